The van der Waals surface area contributed by atoms with Gasteiger partial charge in [-0.1, -0.05) is 6.92 Å². The average molecular weight is 260 g/mol. The van der Waals surface area contributed by atoms with Crippen LogP contribution in [-0.4, -0.2) is 35.1 Å². The van der Waals surface area contributed by atoms with Crippen LogP contribution < -0.4 is 5.32 Å². The van der Waals surface area contributed by atoms with Gasteiger partial charge in [0.15, 0.2) is 0 Å². The maximum atomic E-state index is 9.02. The number of nitriles is 1. The Hall–Kier alpha value is -1.31. The van der Waals surface area contributed by atoms with E-state index in [0.29, 0.717) is 6.04 Å². The van der Waals surface area contributed by atoms with Gasteiger partial charge in [0.05, 0.1) is 0 Å². The van der Waals surface area contributed by atoms with Gasteiger partial charge in [-0.2, -0.15) is 5.26 Å². The highest BCUT2D eigenvalue weighted by molar-refractivity contribution is 5.34. The largest absolute Gasteiger partial charge is 0.340 e. The number of nitrogens with one attached hydrogen (secondary N) is 1. The molecule has 0 aliphatic carbocycles. The minimum atomic E-state index is 0.685. The van der Waals surface area contributed by atoms with Gasteiger partial charge in [-0.25, -0.2) is 0 Å². The first-order valence-electron chi connectivity index (χ1n) is 7.17. The van der Waals surface area contributed by atoms with Crippen molar-refractivity contribution in [2.24, 2.45) is 7.05 Å². The fourth-order valence-corrected chi connectivity index (χ4v) is 2.96. The molecule has 1 saturated heterocycles. The smallest absolute Gasteiger partial charge is 0.120 e. The van der Waals surface area contributed by atoms with Gasteiger partial charge in [-0.3, -0.25) is 4.90 Å². The lowest BCUT2D eigenvalue weighted by atomic mass is 10.2. The number of hydrogen-bond donors (Lipinski definition) is 1. The molecule has 19 heavy (non-hydrogen) atoms. The Kier molecular flexibility index (Phi) is 4.62. The van der Waals surface area contributed by atoms with E-state index >= 15 is 0 Å². The minimum Gasteiger partial charge on any atom is -0.340 e. The van der Waals surface area contributed by atoms with Crippen LogP contribution in [-0.2, 0) is 13.6 Å². The first-order chi connectivity index (χ1) is 9.17. The van der Waals surface area contributed by atoms with E-state index < -0.39 is 0 Å². The molecule has 0 bridgehead atoms. The second-order valence-corrected chi connectivity index (χ2v) is 5.37. The standard InChI is InChI=1S/C15H24N4/c1-4-19-7-5-6-14(19)11-17-10-13-8-15(9-16)18(3)12(13)2/h8,14,17H,4-7,10-11H2,1-3H3/t14-/m0/s1. The number of likely N-dealkylation sites (tertiary alicyclic amines) is 1. The Bertz CT molecular complexity index is 469. The molecular weight excluding hydrogens is 236 g/mol. The lowest BCUT2D eigenvalue weighted by Gasteiger charge is -2.23. The van der Waals surface area contributed by atoms with Gasteiger partial charge in [0.2, 0.25) is 0 Å². The molecule has 0 saturated carbocycles. The van der Waals surface area contributed by atoms with Gasteiger partial charge in [0, 0.05) is 31.9 Å². The number of aromatic nitrogens is 1. The van der Waals surface area contributed by atoms with E-state index in [4.69, 9.17) is 5.26 Å². The molecule has 0 amide bonds. The normalized spacial score (nSPS) is 19.8. The van der Waals surface area contributed by atoms with Gasteiger partial charge in [0.1, 0.15) is 11.8 Å². The summed E-state index contributed by atoms with van der Waals surface area (Å²) >= 11 is 0. The Labute approximate surface area is 116 Å². The van der Waals surface area contributed by atoms with Crippen molar-refractivity contribution < 1.29 is 0 Å². The minimum absolute atomic E-state index is 0.685. The van der Waals surface area contributed by atoms with Crippen molar-refractivity contribution in [3.8, 4) is 6.07 Å². The molecule has 2 heterocycles. The predicted octanol–water partition coefficient (Wildman–Crippen LogP) is 1.78. The third-order valence-corrected chi connectivity index (χ3v) is 4.36. The topological polar surface area (TPSA) is 44.0 Å². The van der Waals surface area contributed by atoms with E-state index in [1.54, 1.807) is 0 Å². The van der Waals surface area contributed by atoms with Gasteiger partial charge in [0.25, 0.3) is 0 Å². The zero-order chi connectivity index (χ0) is 13.8. The third-order valence-electron chi connectivity index (χ3n) is 4.36. The average Bonchev–Trinajstić information content (AvgIpc) is 2.98. The summed E-state index contributed by atoms with van der Waals surface area (Å²) in [4.78, 5) is 2.55. The fraction of sp³-hybridized carbons (Fsp3) is 0.667. The predicted molar refractivity (Wildman–Crippen MR) is 76.8 cm³/mol. The van der Waals surface area contributed by atoms with Crippen molar-refractivity contribution in [2.75, 3.05) is 19.6 Å². The Morgan fingerprint density at radius 3 is 2.95 bits per heavy atom. The van der Waals surface area contributed by atoms with Crippen LogP contribution >= 0.6 is 0 Å². The first-order valence-corrected chi connectivity index (χ1v) is 7.17. The van der Waals surface area contributed by atoms with E-state index in [1.807, 2.05) is 17.7 Å². The number of likely N-dealkylation sites (N-methyl/N-ethyl adjacent to an activating group) is 1. The second-order valence-electron chi connectivity index (χ2n) is 5.37. The monoisotopic (exact) mass is 260 g/mol. The first kappa shape index (κ1) is 14.1. The summed E-state index contributed by atoms with van der Waals surface area (Å²) in [7, 11) is 1.95. The van der Waals surface area contributed by atoms with E-state index in [-0.39, 0.29) is 0 Å². The SMILES string of the molecule is CCN1CCC[C@H]1CNCc1cc(C#N)n(C)c1C. The molecule has 1 aliphatic rings. The molecule has 1 atom stereocenters. The molecule has 1 aliphatic heterocycles. The van der Waals surface area contributed by atoms with Crippen LogP contribution in [0.3, 0.4) is 0 Å². The maximum absolute atomic E-state index is 9.02. The van der Waals surface area contributed by atoms with Crippen LogP contribution in [0.4, 0.5) is 0 Å². The van der Waals surface area contributed by atoms with Crippen molar-refractivity contribution in [2.45, 2.75) is 39.3 Å². The van der Waals surface area contributed by atoms with Gasteiger partial charge in [-0.05, 0) is 44.5 Å². The van der Waals surface area contributed by atoms with Crippen molar-refractivity contribution >= 4 is 0 Å². The van der Waals surface area contributed by atoms with Crippen LogP contribution in [0.1, 0.15) is 36.7 Å². The molecule has 104 valence electrons. The zero-order valence-corrected chi connectivity index (χ0v) is 12.2. The Balaban J connectivity index is 1.88. The molecule has 1 fully saturated rings. The third kappa shape index (κ3) is 2.99. The van der Waals surface area contributed by atoms with Crippen molar-refractivity contribution in [1.82, 2.24) is 14.8 Å². The van der Waals surface area contributed by atoms with Gasteiger partial charge >= 0.3 is 0 Å². The van der Waals surface area contributed by atoms with E-state index in [0.717, 1.165) is 25.3 Å². The molecule has 4 nitrogen and oxygen atoms in total. The highest BCUT2D eigenvalue weighted by Gasteiger charge is 2.22. The van der Waals surface area contributed by atoms with Crippen LogP contribution in [0.2, 0.25) is 0 Å². The highest BCUT2D eigenvalue weighted by atomic mass is 15.2. The van der Waals surface area contributed by atoms with Gasteiger partial charge in [-0.15, -0.1) is 0 Å². The molecular formula is C15H24N4. The van der Waals surface area contributed by atoms with E-state index in [2.05, 4.69) is 30.1 Å². The lowest BCUT2D eigenvalue weighted by molar-refractivity contribution is 0.260. The number of rotatable bonds is 5. The second kappa shape index (κ2) is 6.23. The molecule has 0 aromatic carbocycles. The molecule has 2 rings (SSSR count). The van der Waals surface area contributed by atoms with E-state index in [1.165, 1.54) is 30.6 Å². The lowest BCUT2D eigenvalue weighted by Crippen LogP contribution is -2.37. The Morgan fingerprint density at radius 2 is 2.32 bits per heavy atom. The summed E-state index contributed by atoms with van der Waals surface area (Å²) in [6, 6.07) is 4.91. The summed E-state index contributed by atoms with van der Waals surface area (Å²) in [5, 5.41) is 12.6. The number of hydrogen-bond acceptors (Lipinski definition) is 3. The molecule has 4 heteroatoms. The van der Waals surface area contributed by atoms with Crippen molar-refractivity contribution in [1.29, 1.82) is 5.26 Å². The van der Waals surface area contributed by atoms with Crippen LogP contribution in [0, 0.1) is 18.3 Å². The van der Waals surface area contributed by atoms with Crippen molar-refractivity contribution in [3.05, 3.63) is 23.0 Å². The Morgan fingerprint density at radius 1 is 1.53 bits per heavy atom. The molecule has 0 spiro atoms. The molecule has 0 unspecified atom stereocenters. The summed E-state index contributed by atoms with van der Waals surface area (Å²) in [6.07, 6.45) is 2.63. The molecule has 0 radical (unpaired) electrons. The van der Waals surface area contributed by atoms with Gasteiger partial charge < -0.3 is 9.88 Å². The quantitative estimate of drug-likeness (QED) is 0.877. The summed E-state index contributed by atoms with van der Waals surface area (Å²) in [5.41, 5.74) is 3.16. The highest BCUT2D eigenvalue weighted by Crippen LogP contribution is 2.16. The van der Waals surface area contributed by atoms with Crippen molar-refractivity contribution in [3.63, 3.8) is 0 Å². The summed E-state index contributed by atoms with van der Waals surface area (Å²) in [5.74, 6) is 0. The summed E-state index contributed by atoms with van der Waals surface area (Å²) in [6.45, 7) is 8.60. The molecule has 1 N–H and O–H groups in total. The van der Waals surface area contributed by atoms with E-state index in [9.17, 15) is 0 Å². The van der Waals surface area contributed by atoms with Crippen LogP contribution in [0.25, 0.3) is 0 Å². The molecule has 1 aromatic rings. The fourth-order valence-electron chi connectivity index (χ4n) is 2.96. The van der Waals surface area contributed by atoms with Crippen LogP contribution in [0.15, 0.2) is 6.07 Å². The number of nitrogens with zero attached hydrogens (tertiary/aromatic N) is 3. The molecule has 1 aromatic heterocycles. The zero-order valence-electron chi connectivity index (χ0n) is 12.2. The summed E-state index contributed by atoms with van der Waals surface area (Å²) < 4.78 is 1.96. The van der Waals surface area contributed by atoms with Crippen LogP contribution in [0.5, 0.6) is 0 Å². The maximum Gasteiger partial charge on any atom is 0.120 e.